The lowest BCUT2D eigenvalue weighted by Crippen LogP contribution is -2.52. The van der Waals surface area contributed by atoms with Crippen LogP contribution in [-0.2, 0) is 4.79 Å². The van der Waals surface area contributed by atoms with Crippen LogP contribution in [0.5, 0.6) is 5.75 Å². The van der Waals surface area contributed by atoms with E-state index in [0.29, 0.717) is 0 Å². The van der Waals surface area contributed by atoms with Gasteiger partial charge in [0.2, 0.25) is 5.91 Å². The van der Waals surface area contributed by atoms with Gasteiger partial charge in [0.25, 0.3) is 0 Å². The second-order valence-corrected chi connectivity index (χ2v) is 7.88. The quantitative estimate of drug-likeness (QED) is 0.663. The Bertz CT molecular complexity index is 613. The lowest BCUT2D eigenvalue weighted by molar-refractivity contribution is -0.146. The highest BCUT2D eigenvalue weighted by molar-refractivity contribution is 5.99. The van der Waals surface area contributed by atoms with Crippen molar-refractivity contribution in [3.8, 4) is 5.75 Å². The number of amides is 1. The summed E-state index contributed by atoms with van der Waals surface area (Å²) in [5.74, 6) is 2.63. The maximum atomic E-state index is 12.8. The Kier molecular flexibility index (Phi) is 3.43. The Morgan fingerprint density at radius 3 is 2.13 bits per heavy atom. The van der Waals surface area contributed by atoms with Gasteiger partial charge in [-0.05, 0) is 93.0 Å². The van der Waals surface area contributed by atoms with Gasteiger partial charge in [-0.25, -0.2) is 5.43 Å². The summed E-state index contributed by atoms with van der Waals surface area (Å²) < 4.78 is 0. The summed E-state index contributed by atoms with van der Waals surface area (Å²) in [6.45, 7) is 1.88. The number of hydrogen-bond donors (Lipinski definition) is 2. The summed E-state index contributed by atoms with van der Waals surface area (Å²) >= 11 is 0. The van der Waals surface area contributed by atoms with Crippen molar-refractivity contribution in [1.82, 2.24) is 5.43 Å². The van der Waals surface area contributed by atoms with Crippen molar-refractivity contribution in [3.05, 3.63) is 29.8 Å². The molecular weight excluding hydrogens is 288 g/mol. The molecule has 0 radical (unpaired) electrons. The predicted molar refractivity (Wildman–Crippen MR) is 89.1 cm³/mol. The van der Waals surface area contributed by atoms with Crippen molar-refractivity contribution in [2.45, 2.75) is 45.4 Å². The summed E-state index contributed by atoms with van der Waals surface area (Å²) in [4.78, 5) is 12.8. The monoisotopic (exact) mass is 312 g/mol. The Labute approximate surface area is 137 Å². The number of hydrazone groups is 1. The molecule has 5 rings (SSSR count). The largest absolute Gasteiger partial charge is 0.508 e. The highest BCUT2D eigenvalue weighted by atomic mass is 16.3. The first-order valence-electron chi connectivity index (χ1n) is 8.68. The maximum absolute atomic E-state index is 12.8. The van der Waals surface area contributed by atoms with Gasteiger partial charge in [-0.3, -0.25) is 4.79 Å². The van der Waals surface area contributed by atoms with Crippen LogP contribution >= 0.6 is 0 Å². The van der Waals surface area contributed by atoms with E-state index in [4.69, 9.17) is 0 Å². The number of benzene rings is 1. The maximum Gasteiger partial charge on any atom is 0.246 e. The molecule has 4 heteroatoms. The van der Waals surface area contributed by atoms with Crippen LogP contribution in [0.15, 0.2) is 29.4 Å². The summed E-state index contributed by atoms with van der Waals surface area (Å²) in [5, 5.41) is 13.7. The third kappa shape index (κ3) is 2.64. The van der Waals surface area contributed by atoms with Crippen LogP contribution in [0.1, 0.15) is 51.0 Å². The molecule has 0 atom stereocenters. The molecule has 0 spiro atoms. The Hall–Kier alpha value is -1.84. The average Bonchev–Trinajstić information content (AvgIpc) is 2.51. The summed E-state index contributed by atoms with van der Waals surface area (Å²) in [7, 11) is 0. The van der Waals surface area contributed by atoms with Gasteiger partial charge in [0.05, 0.1) is 11.1 Å². The van der Waals surface area contributed by atoms with E-state index in [9.17, 15) is 9.90 Å². The lowest BCUT2D eigenvalue weighted by atomic mass is 9.49. The standard InChI is InChI=1S/C19H24N2O2/c1-12(16-2-4-17(22)5-3-16)20-21-18(23)19-9-13-6-14(10-19)8-15(7-13)11-19/h2-5,13-15,22H,6-11H2,1H3,(H,21,23)/b20-12-. The highest BCUT2D eigenvalue weighted by Crippen LogP contribution is 2.60. The molecule has 1 aromatic rings. The number of aromatic hydroxyl groups is 1. The molecule has 4 fully saturated rings. The molecule has 0 saturated heterocycles. The summed E-state index contributed by atoms with van der Waals surface area (Å²) in [6, 6.07) is 6.89. The number of nitrogens with zero attached hydrogens (tertiary/aromatic N) is 1. The second kappa shape index (κ2) is 5.36. The normalized spacial score (nSPS) is 35.3. The number of phenols is 1. The first-order valence-corrected chi connectivity index (χ1v) is 8.68. The molecule has 2 N–H and O–H groups in total. The molecule has 0 aliphatic heterocycles. The molecule has 1 amide bonds. The molecule has 4 aliphatic rings. The zero-order valence-corrected chi connectivity index (χ0v) is 13.6. The number of phenolic OH excluding ortho intramolecular Hbond substituents is 1. The van der Waals surface area contributed by atoms with E-state index in [2.05, 4.69) is 10.5 Å². The minimum atomic E-state index is -0.159. The predicted octanol–water partition coefficient (Wildman–Crippen LogP) is 3.45. The fourth-order valence-electron chi connectivity index (χ4n) is 5.41. The molecule has 4 saturated carbocycles. The number of nitrogens with one attached hydrogen (secondary N) is 1. The highest BCUT2D eigenvalue weighted by Gasteiger charge is 2.54. The lowest BCUT2D eigenvalue weighted by Gasteiger charge is -2.55. The fraction of sp³-hybridized carbons (Fsp3) is 0.579. The fourth-order valence-corrected chi connectivity index (χ4v) is 5.41. The van der Waals surface area contributed by atoms with Gasteiger partial charge in [-0.2, -0.15) is 5.10 Å². The van der Waals surface area contributed by atoms with Gasteiger partial charge in [-0.15, -0.1) is 0 Å². The van der Waals surface area contributed by atoms with Crippen LogP contribution < -0.4 is 5.43 Å². The van der Waals surface area contributed by atoms with Gasteiger partial charge < -0.3 is 5.11 Å². The van der Waals surface area contributed by atoms with Crippen molar-refractivity contribution in [3.63, 3.8) is 0 Å². The first-order chi connectivity index (χ1) is 11.0. The van der Waals surface area contributed by atoms with E-state index >= 15 is 0 Å². The Morgan fingerprint density at radius 1 is 1.09 bits per heavy atom. The molecule has 0 unspecified atom stereocenters. The van der Waals surface area contributed by atoms with Crippen LogP contribution in [-0.4, -0.2) is 16.7 Å². The number of carbonyl (C=O) groups is 1. The number of carbonyl (C=O) groups excluding carboxylic acids is 1. The van der Waals surface area contributed by atoms with Crippen LogP contribution in [0.3, 0.4) is 0 Å². The molecule has 4 bridgehead atoms. The Balaban J connectivity index is 1.47. The third-order valence-electron chi connectivity index (χ3n) is 6.13. The second-order valence-electron chi connectivity index (χ2n) is 7.88. The zero-order valence-electron chi connectivity index (χ0n) is 13.6. The minimum Gasteiger partial charge on any atom is -0.508 e. The molecule has 0 heterocycles. The number of rotatable bonds is 3. The average molecular weight is 312 g/mol. The van der Waals surface area contributed by atoms with E-state index in [1.54, 1.807) is 12.1 Å². The van der Waals surface area contributed by atoms with Crippen molar-refractivity contribution in [2.75, 3.05) is 0 Å². The molecular formula is C19H24N2O2. The minimum absolute atomic E-state index is 0.120. The van der Waals surface area contributed by atoms with Gasteiger partial charge >= 0.3 is 0 Å². The molecule has 4 aliphatic carbocycles. The van der Waals surface area contributed by atoms with E-state index in [1.807, 2.05) is 19.1 Å². The van der Waals surface area contributed by atoms with Gasteiger partial charge in [0, 0.05) is 0 Å². The van der Waals surface area contributed by atoms with Crippen molar-refractivity contribution in [2.24, 2.45) is 28.3 Å². The van der Waals surface area contributed by atoms with Crippen LogP contribution in [0, 0.1) is 23.2 Å². The Morgan fingerprint density at radius 2 is 1.61 bits per heavy atom. The van der Waals surface area contributed by atoms with Crippen molar-refractivity contribution >= 4 is 11.6 Å². The molecule has 1 aromatic carbocycles. The van der Waals surface area contributed by atoms with Crippen molar-refractivity contribution in [1.29, 1.82) is 0 Å². The summed E-state index contributed by atoms with van der Waals surface area (Å²) in [6.07, 6.45) is 7.17. The van der Waals surface area contributed by atoms with Crippen LogP contribution in [0.25, 0.3) is 0 Å². The molecule has 122 valence electrons. The third-order valence-corrected chi connectivity index (χ3v) is 6.13. The van der Waals surface area contributed by atoms with Gasteiger partial charge in [0.1, 0.15) is 5.75 Å². The number of hydrogen-bond acceptors (Lipinski definition) is 3. The summed E-state index contributed by atoms with van der Waals surface area (Å²) in [5.41, 5.74) is 4.36. The van der Waals surface area contributed by atoms with Gasteiger partial charge in [-0.1, -0.05) is 0 Å². The van der Waals surface area contributed by atoms with E-state index in [1.165, 1.54) is 19.3 Å². The topological polar surface area (TPSA) is 61.7 Å². The zero-order chi connectivity index (χ0) is 16.0. The molecule has 0 aromatic heterocycles. The van der Waals surface area contributed by atoms with Crippen molar-refractivity contribution < 1.29 is 9.90 Å². The van der Waals surface area contributed by atoms with Gasteiger partial charge in [0.15, 0.2) is 0 Å². The van der Waals surface area contributed by atoms with E-state index in [-0.39, 0.29) is 17.1 Å². The first kappa shape index (κ1) is 14.7. The van der Waals surface area contributed by atoms with Crippen LogP contribution in [0.4, 0.5) is 0 Å². The van der Waals surface area contributed by atoms with Crippen LogP contribution in [0.2, 0.25) is 0 Å². The molecule has 4 nitrogen and oxygen atoms in total. The smallest absolute Gasteiger partial charge is 0.246 e. The van der Waals surface area contributed by atoms with E-state index < -0.39 is 0 Å². The SMILES string of the molecule is C/C(=N/NC(=O)C12CC3CC(CC(C3)C1)C2)c1ccc(O)cc1. The molecule has 23 heavy (non-hydrogen) atoms. The van der Waals surface area contributed by atoms with E-state index in [0.717, 1.165) is 48.3 Å².